The van der Waals surface area contributed by atoms with Crippen molar-refractivity contribution in [2.45, 2.75) is 57.9 Å². The normalized spacial score (nSPS) is 16.9. The Bertz CT molecular complexity index is 1140. The molecule has 148 valence electrons. The highest BCUT2D eigenvalue weighted by atomic mass is 32.2. The van der Waals surface area contributed by atoms with Crippen LogP contribution in [0.1, 0.15) is 51.0 Å². The number of thiophene rings is 1. The van der Waals surface area contributed by atoms with Crippen LogP contribution in [0, 0.1) is 27.7 Å². The maximum absolute atomic E-state index is 13.5. The summed E-state index contributed by atoms with van der Waals surface area (Å²) in [7, 11) is -3.69. The van der Waals surface area contributed by atoms with E-state index < -0.39 is 10.0 Å². The van der Waals surface area contributed by atoms with Gasteiger partial charge in [-0.15, -0.1) is 11.3 Å². The fourth-order valence-electron chi connectivity index (χ4n) is 4.11. The summed E-state index contributed by atoms with van der Waals surface area (Å²) in [5.41, 5.74) is 5.72. The summed E-state index contributed by atoms with van der Waals surface area (Å²) in [6, 6.07) is 7.94. The molecule has 0 spiro atoms. The van der Waals surface area contributed by atoms with Crippen LogP contribution in [0.5, 0.6) is 0 Å². The van der Waals surface area contributed by atoms with E-state index in [4.69, 9.17) is 0 Å². The van der Waals surface area contributed by atoms with Gasteiger partial charge in [0.1, 0.15) is 4.90 Å². The largest absolute Gasteiger partial charge is 0.282 e. The van der Waals surface area contributed by atoms with Gasteiger partial charge in [-0.25, -0.2) is 13.1 Å². The standard InChI is InChI=1S/C21H25N3O2S2/c1-12-13(2)22-23-20(12)19-14(3)27-15(4)21(19)28(25,26)24-18-11-7-9-16-8-5-6-10-17(16)18/h5-6,8,10,18,24H,7,9,11H2,1-4H3,(H,22,23). The molecule has 1 aliphatic rings. The van der Waals surface area contributed by atoms with Gasteiger partial charge in [-0.2, -0.15) is 5.10 Å². The molecule has 0 radical (unpaired) electrons. The minimum Gasteiger partial charge on any atom is -0.282 e. The molecule has 0 aliphatic heterocycles. The third kappa shape index (κ3) is 3.21. The zero-order valence-electron chi connectivity index (χ0n) is 16.6. The third-order valence-corrected chi connectivity index (χ3v) is 8.42. The molecular formula is C21H25N3O2S2. The Morgan fingerprint density at radius 3 is 2.61 bits per heavy atom. The van der Waals surface area contributed by atoms with Gasteiger partial charge in [0.15, 0.2) is 0 Å². The summed E-state index contributed by atoms with van der Waals surface area (Å²) < 4.78 is 30.0. The summed E-state index contributed by atoms with van der Waals surface area (Å²) in [4.78, 5) is 2.13. The molecule has 1 atom stereocenters. The van der Waals surface area contributed by atoms with E-state index in [0.717, 1.165) is 57.1 Å². The zero-order chi connectivity index (χ0) is 20.1. The van der Waals surface area contributed by atoms with Crippen molar-refractivity contribution in [1.29, 1.82) is 0 Å². The van der Waals surface area contributed by atoms with Gasteiger partial charge in [0.05, 0.1) is 5.69 Å². The maximum Gasteiger partial charge on any atom is 0.242 e. The van der Waals surface area contributed by atoms with Gasteiger partial charge in [-0.3, -0.25) is 5.10 Å². The quantitative estimate of drug-likeness (QED) is 0.647. The van der Waals surface area contributed by atoms with Gasteiger partial charge in [0, 0.05) is 27.1 Å². The molecule has 1 aromatic carbocycles. The van der Waals surface area contributed by atoms with E-state index in [-0.39, 0.29) is 6.04 Å². The van der Waals surface area contributed by atoms with Crippen LogP contribution in [0.3, 0.4) is 0 Å². The first-order valence-corrected chi connectivity index (χ1v) is 11.8. The average molecular weight is 416 g/mol. The first-order chi connectivity index (χ1) is 13.3. The molecule has 2 heterocycles. The number of nitrogens with zero attached hydrogens (tertiary/aromatic N) is 1. The van der Waals surface area contributed by atoms with Crippen molar-refractivity contribution in [1.82, 2.24) is 14.9 Å². The highest BCUT2D eigenvalue weighted by molar-refractivity contribution is 7.89. The Hall–Kier alpha value is -1.96. The van der Waals surface area contributed by atoms with Gasteiger partial charge in [-0.05, 0) is 63.6 Å². The minimum atomic E-state index is -3.69. The molecule has 5 nitrogen and oxygen atoms in total. The van der Waals surface area contributed by atoms with E-state index in [1.165, 1.54) is 16.9 Å². The van der Waals surface area contributed by atoms with Crippen LogP contribution in [0.25, 0.3) is 11.3 Å². The SMILES string of the molecule is Cc1[nH]nc(-c2c(C)sc(C)c2S(=O)(=O)NC2CCCc3ccccc32)c1C. The number of hydrogen-bond donors (Lipinski definition) is 2. The van der Waals surface area contributed by atoms with E-state index in [2.05, 4.69) is 21.0 Å². The summed E-state index contributed by atoms with van der Waals surface area (Å²) in [6.07, 6.45) is 2.80. The van der Waals surface area contributed by atoms with Crippen LogP contribution in [0.4, 0.5) is 0 Å². The number of aromatic amines is 1. The Kier molecular flexibility index (Phi) is 4.93. The first-order valence-electron chi connectivity index (χ1n) is 9.51. The van der Waals surface area contributed by atoms with Gasteiger partial charge in [-0.1, -0.05) is 24.3 Å². The number of benzene rings is 1. The van der Waals surface area contributed by atoms with Crippen LogP contribution in [-0.2, 0) is 16.4 Å². The molecule has 28 heavy (non-hydrogen) atoms. The van der Waals surface area contributed by atoms with Gasteiger partial charge < -0.3 is 0 Å². The fourth-order valence-corrected chi connectivity index (χ4v) is 7.22. The van der Waals surface area contributed by atoms with Crippen LogP contribution in [0.2, 0.25) is 0 Å². The van der Waals surface area contributed by atoms with Gasteiger partial charge >= 0.3 is 0 Å². The Morgan fingerprint density at radius 2 is 1.89 bits per heavy atom. The monoisotopic (exact) mass is 415 g/mol. The highest BCUT2D eigenvalue weighted by Crippen LogP contribution is 2.41. The second-order valence-electron chi connectivity index (χ2n) is 7.51. The van der Waals surface area contributed by atoms with E-state index in [1.807, 2.05) is 45.9 Å². The van der Waals surface area contributed by atoms with Crippen molar-refractivity contribution in [2.24, 2.45) is 0 Å². The number of sulfonamides is 1. The van der Waals surface area contributed by atoms with Crippen molar-refractivity contribution >= 4 is 21.4 Å². The topological polar surface area (TPSA) is 74.8 Å². The van der Waals surface area contributed by atoms with Crippen LogP contribution in [-0.4, -0.2) is 18.6 Å². The van der Waals surface area contributed by atoms with E-state index in [0.29, 0.717) is 4.90 Å². The third-order valence-electron chi connectivity index (χ3n) is 5.63. The molecule has 2 N–H and O–H groups in total. The highest BCUT2D eigenvalue weighted by Gasteiger charge is 2.32. The van der Waals surface area contributed by atoms with Gasteiger partial charge in [0.2, 0.25) is 10.0 Å². The predicted octanol–water partition coefficient (Wildman–Crippen LogP) is 4.73. The number of aromatic nitrogens is 2. The number of hydrogen-bond acceptors (Lipinski definition) is 4. The molecule has 1 aliphatic carbocycles. The lowest BCUT2D eigenvalue weighted by Gasteiger charge is -2.26. The first kappa shape index (κ1) is 19.4. The molecular weight excluding hydrogens is 390 g/mol. The molecule has 0 amide bonds. The summed E-state index contributed by atoms with van der Waals surface area (Å²) in [5, 5.41) is 7.39. The molecule has 3 aromatic rings. The molecule has 0 fully saturated rings. The van der Waals surface area contributed by atoms with Crippen molar-refractivity contribution in [3.05, 3.63) is 56.4 Å². The van der Waals surface area contributed by atoms with Gasteiger partial charge in [0.25, 0.3) is 0 Å². The van der Waals surface area contributed by atoms with E-state index in [9.17, 15) is 8.42 Å². The van der Waals surface area contributed by atoms with Crippen LogP contribution >= 0.6 is 11.3 Å². The number of fused-ring (bicyclic) bond motifs is 1. The van der Waals surface area contributed by atoms with E-state index >= 15 is 0 Å². The van der Waals surface area contributed by atoms with Crippen molar-refractivity contribution < 1.29 is 8.42 Å². The Morgan fingerprint density at radius 1 is 1.14 bits per heavy atom. The van der Waals surface area contributed by atoms with Crippen LogP contribution < -0.4 is 4.72 Å². The molecule has 7 heteroatoms. The second-order valence-corrected chi connectivity index (χ2v) is 10.6. The predicted molar refractivity (Wildman–Crippen MR) is 113 cm³/mol. The van der Waals surface area contributed by atoms with Crippen LogP contribution in [0.15, 0.2) is 29.2 Å². The maximum atomic E-state index is 13.5. The Balaban J connectivity index is 1.79. The number of nitrogens with one attached hydrogen (secondary N) is 2. The minimum absolute atomic E-state index is 0.190. The Labute approximate surface area is 170 Å². The number of rotatable bonds is 4. The molecule has 4 rings (SSSR count). The molecule has 2 aromatic heterocycles. The molecule has 0 saturated heterocycles. The second kappa shape index (κ2) is 7.13. The lowest BCUT2D eigenvalue weighted by atomic mass is 9.88. The zero-order valence-corrected chi connectivity index (χ0v) is 18.2. The average Bonchev–Trinajstić information content (AvgIpc) is 3.13. The smallest absolute Gasteiger partial charge is 0.242 e. The molecule has 0 saturated carbocycles. The molecule has 1 unspecified atom stereocenters. The fraction of sp³-hybridized carbons (Fsp3) is 0.381. The molecule has 0 bridgehead atoms. The van der Waals surface area contributed by atoms with E-state index in [1.54, 1.807) is 0 Å². The van der Waals surface area contributed by atoms with Crippen molar-refractivity contribution in [2.75, 3.05) is 0 Å². The number of aryl methyl sites for hydroxylation is 4. The number of H-pyrrole nitrogens is 1. The van der Waals surface area contributed by atoms with Crippen molar-refractivity contribution in [3.8, 4) is 11.3 Å². The summed E-state index contributed by atoms with van der Waals surface area (Å²) >= 11 is 1.51. The lowest BCUT2D eigenvalue weighted by molar-refractivity contribution is 0.507. The van der Waals surface area contributed by atoms with Crippen molar-refractivity contribution in [3.63, 3.8) is 0 Å². The lowest BCUT2D eigenvalue weighted by Crippen LogP contribution is -2.31. The summed E-state index contributed by atoms with van der Waals surface area (Å²) in [5.74, 6) is 0. The summed E-state index contributed by atoms with van der Waals surface area (Å²) in [6.45, 7) is 7.76.